The lowest BCUT2D eigenvalue weighted by atomic mass is 10.2. The first kappa shape index (κ1) is 14.9. The van der Waals surface area contributed by atoms with Gasteiger partial charge in [0.1, 0.15) is 0 Å². The first-order valence-corrected chi connectivity index (χ1v) is 7.24. The summed E-state index contributed by atoms with van der Waals surface area (Å²) in [6, 6.07) is 14.8. The third-order valence-electron chi connectivity index (χ3n) is 2.80. The molecule has 2 rings (SSSR count). The fourth-order valence-electron chi connectivity index (χ4n) is 1.71. The Labute approximate surface area is 131 Å². The van der Waals surface area contributed by atoms with Crippen LogP contribution in [-0.2, 0) is 6.54 Å². The highest BCUT2D eigenvalue weighted by atomic mass is 79.9. The van der Waals surface area contributed by atoms with Crippen molar-refractivity contribution in [3.8, 4) is 0 Å². The number of benzene rings is 2. The summed E-state index contributed by atoms with van der Waals surface area (Å²) in [7, 11) is 1.74. The van der Waals surface area contributed by atoms with Gasteiger partial charge in [-0.05, 0) is 29.8 Å². The van der Waals surface area contributed by atoms with Gasteiger partial charge in [0.05, 0.1) is 10.7 Å². The number of anilines is 1. The van der Waals surface area contributed by atoms with E-state index < -0.39 is 0 Å². The van der Waals surface area contributed by atoms with Crippen LogP contribution in [0.1, 0.15) is 5.56 Å². The van der Waals surface area contributed by atoms with Crippen molar-refractivity contribution in [3.05, 3.63) is 63.6 Å². The van der Waals surface area contributed by atoms with E-state index in [-0.39, 0.29) is 6.03 Å². The fraction of sp³-hybridized carbons (Fsp3) is 0.133. The van der Waals surface area contributed by atoms with Crippen molar-refractivity contribution >= 4 is 39.2 Å². The predicted octanol–water partition coefficient (Wildman–Crippen LogP) is 4.77. The highest BCUT2D eigenvalue weighted by Gasteiger charge is 2.10. The van der Waals surface area contributed by atoms with Gasteiger partial charge in [-0.15, -0.1) is 0 Å². The molecule has 0 fully saturated rings. The van der Waals surface area contributed by atoms with Crippen molar-refractivity contribution in [2.45, 2.75) is 6.54 Å². The van der Waals surface area contributed by atoms with Gasteiger partial charge in [-0.2, -0.15) is 0 Å². The van der Waals surface area contributed by atoms with Crippen LogP contribution >= 0.6 is 27.5 Å². The molecule has 0 unspecified atom stereocenters. The fourth-order valence-corrected chi connectivity index (χ4v) is 2.16. The number of carbonyl (C=O) groups excluding carboxylic acids is 1. The molecular formula is C15H14BrClN2O. The van der Waals surface area contributed by atoms with Crippen molar-refractivity contribution in [1.82, 2.24) is 4.90 Å². The average molecular weight is 354 g/mol. The molecule has 1 N–H and O–H groups in total. The number of amides is 2. The summed E-state index contributed by atoms with van der Waals surface area (Å²) in [5.74, 6) is 0. The Kier molecular flexibility index (Phi) is 5.04. The Bertz CT molecular complexity index is 601. The van der Waals surface area contributed by atoms with E-state index >= 15 is 0 Å². The Hall–Kier alpha value is -1.52. The number of rotatable bonds is 3. The molecule has 5 heteroatoms. The summed E-state index contributed by atoms with van der Waals surface area (Å²) < 4.78 is 1.02. The van der Waals surface area contributed by atoms with E-state index in [9.17, 15) is 4.79 Å². The van der Waals surface area contributed by atoms with Gasteiger partial charge in [0.25, 0.3) is 0 Å². The van der Waals surface area contributed by atoms with E-state index in [1.807, 2.05) is 36.4 Å². The van der Waals surface area contributed by atoms with Gasteiger partial charge in [0.15, 0.2) is 0 Å². The Morgan fingerprint density at radius 1 is 1.20 bits per heavy atom. The van der Waals surface area contributed by atoms with E-state index in [0.717, 1.165) is 10.0 Å². The maximum atomic E-state index is 12.1. The minimum absolute atomic E-state index is 0.194. The van der Waals surface area contributed by atoms with Crippen molar-refractivity contribution in [1.29, 1.82) is 0 Å². The minimum Gasteiger partial charge on any atom is -0.323 e. The lowest BCUT2D eigenvalue weighted by molar-refractivity contribution is 0.220. The van der Waals surface area contributed by atoms with Crippen molar-refractivity contribution in [2.75, 3.05) is 12.4 Å². The number of urea groups is 1. The Morgan fingerprint density at radius 3 is 2.50 bits per heavy atom. The van der Waals surface area contributed by atoms with E-state index in [1.54, 1.807) is 24.1 Å². The monoisotopic (exact) mass is 352 g/mol. The van der Waals surface area contributed by atoms with Crippen LogP contribution in [-0.4, -0.2) is 18.0 Å². The molecule has 0 saturated heterocycles. The molecule has 0 aliphatic carbocycles. The number of hydrogen-bond acceptors (Lipinski definition) is 1. The van der Waals surface area contributed by atoms with Crippen LogP contribution in [0.3, 0.4) is 0 Å². The molecule has 2 aromatic rings. The van der Waals surface area contributed by atoms with Gasteiger partial charge in [0.2, 0.25) is 0 Å². The largest absolute Gasteiger partial charge is 0.323 e. The summed E-state index contributed by atoms with van der Waals surface area (Å²) in [5.41, 5.74) is 1.67. The first-order valence-electron chi connectivity index (χ1n) is 6.07. The predicted molar refractivity (Wildman–Crippen MR) is 86.1 cm³/mol. The number of nitrogens with one attached hydrogen (secondary N) is 1. The van der Waals surface area contributed by atoms with Crippen LogP contribution in [0, 0.1) is 0 Å². The van der Waals surface area contributed by atoms with E-state index in [1.165, 1.54) is 0 Å². The lowest BCUT2D eigenvalue weighted by Gasteiger charge is -2.18. The van der Waals surface area contributed by atoms with E-state index in [4.69, 9.17) is 11.6 Å². The molecule has 20 heavy (non-hydrogen) atoms. The standard InChI is InChI=1S/C15H14BrClN2O/c1-19(10-11-6-8-12(16)9-7-11)15(20)18-14-5-3-2-4-13(14)17/h2-9H,10H2,1H3,(H,18,20). The molecule has 0 bridgehead atoms. The molecule has 0 heterocycles. The second kappa shape index (κ2) is 6.77. The smallest absolute Gasteiger partial charge is 0.321 e. The molecule has 0 radical (unpaired) electrons. The topological polar surface area (TPSA) is 32.3 Å². The molecule has 0 aliphatic rings. The normalized spacial score (nSPS) is 10.2. The third-order valence-corrected chi connectivity index (χ3v) is 3.65. The maximum Gasteiger partial charge on any atom is 0.321 e. The number of halogens is 2. The minimum atomic E-state index is -0.194. The molecular weight excluding hydrogens is 340 g/mol. The lowest BCUT2D eigenvalue weighted by Crippen LogP contribution is -2.30. The van der Waals surface area contributed by atoms with Gasteiger partial charge in [-0.3, -0.25) is 0 Å². The van der Waals surface area contributed by atoms with Crippen LogP contribution in [0.5, 0.6) is 0 Å². The molecule has 104 valence electrons. The van der Waals surface area contributed by atoms with Gasteiger partial charge in [0, 0.05) is 18.1 Å². The number of para-hydroxylation sites is 1. The van der Waals surface area contributed by atoms with Gasteiger partial charge < -0.3 is 10.2 Å². The zero-order valence-electron chi connectivity index (χ0n) is 10.9. The highest BCUT2D eigenvalue weighted by molar-refractivity contribution is 9.10. The summed E-state index contributed by atoms with van der Waals surface area (Å²) in [6.45, 7) is 0.531. The van der Waals surface area contributed by atoms with Crippen LogP contribution in [0.25, 0.3) is 0 Å². The van der Waals surface area contributed by atoms with Gasteiger partial charge in [-0.25, -0.2) is 4.79 Å². The zero-order valence-corrected chi connectivity index (χ0v) is 13.3. The van der Waals surface area contributed by atoms with Crippen molar-refractivity contribution in [3.63, 3.8) is 0 Å². The Morgan fingerprint density at radius 2 is 1.85 bits per heavy atom. The van der Waals surface area contributed by atoms with Crippen LogP contribution in [0.4, 0.5) is 10.5 Å². The van der Waals surface area contributed by atoms with Crippen LogP contribution in [0.2, 0.25) is 5.02 Å². The maximum absolute atomic E-state index is 12.1. The molecule has 3 nitrogen and oxygen atoms in total. The van der Waals surface area contributed by atoms with Crippen LogP contribution < -0.4 is 5.32 Å². The summed E-state index contributed by atoms with van der Waals surface area (Å²) >= 11 is 9.40. The summed E-state index contributed by atoms with van der Waals surface area (Å²) in [6.07, 6.45) is 0. The second-order valence-corrected chi connectivity index (χ2v) is 5.72. The van der Waals surface area contributed by atoms with Crippen molar-refractivity contribution in [2.24, 2.45) is 0 Å². The highest BCUT2D eigenvalue weighted by Crippen LogP contribution is 2.21. The molecule has 0 atom stereocenters. The van der Waals surface area contributed by atoms with Crippen molar-refractivity contribution < 1.29 is 4.79 Å². The molecule has 0 saturated carbocycles. The molecule has 0 aliphatic heterocycles. The number of nitrogens with zero attached hydrogens (tertiary/aromatic N) is 1. The molecule has 0 spiro atoms. The average Bonchev–Trinajstić information content (AvgIpc) is 2.44. The second-order valence-electron chi connectivity index (χ2n) is 4.39. The molecule has 2 aromatic carbocycles. The van der Waals surface area contributed by atoms with Crippen LogP contribution in [0.15, 0.2) is 53.0 Å². The zero-order chi connectivity index (χ0) is 14.5. The summed E-state index contributed by atoms with van der Waals surface area (Å²) in [4.78, 5) is 13.7. The first-order chi connectivity index (χ1) is 9.56. The molecule has 2 amide bonds. The SMILES string of the molecule is CN(Cc1ccc(Br)cc1)C(=O)Nc1ccccc1Cl. The van der Waals surface area contributed by atoms with Gasteiger partial charge >= 0.3 is 6.03 Å². The quantitative estimate of drug-likeness (QED) is 0.847. The summed E-state index contributed by atoms with van der Waals surface area (Å²) in [5, 5.41) is 3.31. The Balaban J connectivity index is 1.99. The third kappa shape index (κ3) is 3.99. The number of carbonyl (C=O) groups is 1. The number of hydrogen-bond donors (Lipinski definition) is 1. The van der Waals surface area contributed by atoms with E-state index in [2.05, 4.69) is 21.2 Å². The van der Waals surface area contributed by atoms with Gasteiger partial charge in [-0.1, -0.05) is 51.8 Å². The molecule has 0 aromatic heterocycles. The van der Waals surface area contributed by atoms with E-state index in [0.29, 0.717) is 17.3 Å².